The van der Waals surface area contributed by atoms with Crippen LogP contribution in [0.15, 0.2) is 48.5 Å². The van der Waals surface area contributed by atoms with Gasteiger partial charge in [-0.25, -0.2) is 4.79 Å². The zero-order valence-electron chi connectivity index (χ0n) is 19.4. The van der Waals surface area contributed by atoms with Crippen LogP contribution >= 0.6 is 18.9 Å². The maximum atomic E-state index is 14.6. The van der Waals surface area contributed by atoms with Crippen molar-refractivity contribution in [2.75, 3.05) is 11.3 Å². The van der Waals surface area contributed by atoms with Crippen LogP contribution in [-0.2, 0) is 9.09 Å². The lowest BCUT2D eigenvalue weighted by molar-refractivity contribution is 0.0703. The number of aromatic carboxylic acids is 1. The summed E-state index contributed by atoms with van der Waals surface area (Å²) in [7, 11) is -3.59. The molecule has 0 amide bonds. The van der Waals surface area contributed by atoms with E-state index in [-0.39, 0.29) is 17.5 Å². The fourth-order valence-corrected chi connectivity index (χ4v) is 7.56. The molecule has 0 aliphatic carbocycles. The van der Waals surface area contributed by atoms with Gasteiger partial charge in [-0.1, -0.05) is 47.5 Å². The van der Waals surface area contributed by atoms with Gasteiger partial charge < -0.3 is 9.63 Å². The Morgan fingerprint density at radius 1 is 1.06 bits per heavy atom. The number of carboxylic acids is 1. The van der Waals surface area contributed by atoms with Crippen molar-refractivity contribution in [1.82, 2.24) is 0 Å². The molecule has 3 aromatic rings. The van der Waals surface area contributed by atoms with E-state index in [1.165, 1.54) is 11.3 Å². The van der Waals surface area contributed by atoms with Crippen LogP contribution < -0.4 is 9.97 Å². The lowest BCUT2D eigenvalue weighted by atomic mass is 10.1. The van der Waals surface area contributed by atoms with Crippen molar-refractivity contribution in [1.29, 1.82) is 0 Å². The molecule has 1 unspecified atom stereocenters. The molecule has 5 nitrogen and oxygen atoms in total. The van der Waals surface area contributed by atoms with Gasteiger partial charge in [0.2, 0.25) is 0 Å². The van der Waals surface area contributed by atoms with Gasteiger partial charge in [-0.15, -0.1) is 11.3 Å². The molecule has 1 N–H and O–H groups in total. The fourth-order valence-electron chi connectivity index (χ4n) is 3.83. The lowest BCUT2D eigenvalue weighted by Gasteiger charge is -2.36. The molecular formula is C25H30NO4PS. The second kappa shape index (κ2) is 9.62. The van der Waals surface area contributed by atoms with Gasteiger partial charge in [0.1, 0.15) is 4.88 Å². The maximum Gasteiger partial charge on any atom is 0.348 e. The third-order valence-corrected chi connectivity index (χ3v) is 9.35. The van der Waals surface area contributed by atoms with Crippen molar-refractivity contribution < 1.29 is 19.0 Å². The Morgan fingerprint density at radius 3 is 2.22 bits per heavy atom. The van der Waals surface area contributed by atoms with Crippen LogP contribution in [-0.4, -0.2) is 23.7 Å². The Hall–Kier alpha value is -2.40. The number of benzene rings is 2. The fraction of sp³-hybridized carbons (Fsp3) is 0.320. The standard InChI is InChI=1S/C25H30NO4PS/c1-7-30-31(29,22-13-10-18(5)14-19(22)6)26(16(2)3)21-15-23(32-24(21)25(27)28)20-11-8-17(4)9-12-20/h8-16H,7H2,1-6H3,(H,27,28). The number of thiophene rings is 1. The number of anilines is 1. The molecule has 0 saturated heterocycles. The number of aryl methyl sites for hydroxylation is 3. The summed E-state index contributed by atoms with van der Waals surface area (Å²) in [6.07, 6.45) is 0. The molecule has 1 atom stereocenters. The number of carbonyl (C=O) groups is 1. The molecule has 0 bridgehead atoms. The van der Waals surface area contributed by atoms with Crippen molar-refractivity contribution >= 4 is 35.8 Å². The van der Waals surface area contributed by atoms with Gasteiger partial charge >= 0.3 is 13.5 Å². The van der Waals surface area contributed by atoms with E-state index in [4.69, 9.17) is 4.52 Å². The van der Waals surface area contributed by atoms with E-state index < -0.39 is 13.5 Å². The van der Waals surface area contributed by atoms with Gasteiger partial charge in [0.15, 0.2) is 0 Å². The number of rotatable bonds is 8. The summed E-state index contributed by atoms with van der Waals surface area (Å²) in [6, 6.07) is 15.2. The first-order valence-corrected chi connectivity index (χ1v) is 13.0. The molecule has 0 aliphatic rings. The van der Waals surface area contributed by atoms with Crippen LogP contribution in [0, 0.1) is 20.8 Å². The molecule has 170 valence electrons. The van der Waals surface area contributed by atoms with Gasteiger partial charge in [-0.3, -0.25) is 9.24 Å². The zero-order valence-corrected chi connectivity index (χ0v) is 21.1. The molecule has 7 heteroatoms. The summed E-state index contributed by atoms with van der Waals surface area (Å²) in [5.41, 5.74) is 4.40. The Morgan fingerprint density at radius 2 is 1.69 bits per heavy atom. The highest BCUT2D eigenvalue weighted by molar-refractivity contribution is 7.68. The molecular weight excluding hydrogens is 441 g/mol. The quantitative estimate of drug-likeness (QED) is 0.366. The van der Waals surface area contributed by atoms with E-state index in [9.17, 15) is 14.5 Å². The number of hydrogen-bond acceptors (Lipinski definition) is 4. The van der Waals surface area contributed by atoms with Crippen molar-refractivity contribution in [3.05, 3.63) is 70.1 Å². The normalized spacial score (nSPS) is 13.2. The van der Waals surface area contributed by atoms with Gasteiger partial charge in [0.05, 0.1) is 17.6 Å². The topological polar surface area (TPSA) is 66.8 Å². The van der Waals surface area contributed by atoms with Crippen LogP contribution in [0.1, 0.15) is 47.1 Å². The molecule has 0 radical (unpaired) electrons. The van der Waals surface area contributed by atoms with Crippen molar-refractivity contribution in [3.63, 3.8) is 0 Å². The van der Waals surface area contributed by atoms with Crippen LogP contribution in [0.2, 0.25) is 0 Å². The maximum absolute atomic E-state index is 14.6. The van der Waals surface area contributed by atoms with E-state index in [0.29, 0.717) is 11.0 Å². The van der Waals surface area contributed by atoms with Gasteiger partial charge in [0, 0.05) is 10.9 Å². The largest absolute Gasteiger partial charge is 0.477 e. The minimum absolute atomic E-state index is 0.152. The summed E-state index contributed by atoms with van der Waals surface area (Å²) >= 11 is 1.19. The van der Waals surface area contributed by atoms with E-state index in [1.54, 1.807) is 11.6 Å². The summed E-state index contributed by atoms with van der Waals surface area (Å²) in [5, 5.41) is 10.6. The minimum atomic E-state index is -3.59. The zero-order chi connectivity index (χ0) is 23.6. The van der Waals surface area contributed by atoms with Gasteiger partial charge in [-0.05, 0) is 64.8 Å². The molecule has 0 spiro atoms. The smallest absolute Gasteiger partial charge is 0.348 e. The molecule has 2 aromatic carbocycles. The van der Waals surface area contributed by atoms with Crippen molar-refractivity contribution in [3.8, 4) is 10.4 Å². The van der Waals surface area contributed by atoms with Crippen LogP contribution in [0.3, 0.4) is 0 Å². The first kappa shape index (κ1) is 24.2. The number of nitrogens with zero attached hydrogens (tertiary/aromatic N) is 1. The van der Waals surface area contributed by atoms with E-state index in [1.807, 2.05) is 83.1 Å². The average molecular weight is 472 g/mol. The average Bonchev–Trinajstić information content (AvgIpc) is 3.13. The summed E-state index contributed by atoms with van der Waals surface area (Å²) in [6.45, 7) is 11.8. The molecule has 32 heavy (non-hydrogen) atoms. The second-order valence-corrected chi connectivity index (χ2v) is 11.4. The molecule has 3 rings (SSSR count). The Bertz CT molecular complexity index is 1170. The predicted octanol–water partition coefficient (Wildman–Crippen LogP) is 6.81. The van der Waals surface area contributed by atoms with Crippen molar-refractivity contribution in [2.24, 2.45) is 0 Å². The summed E-state index contributed by atoms with van der Waals surface area (Å²) in [5.74, 6) is -1.04. The Labute approximate surface area is 194 Å². The molecule has 0 saturated carbocycles. The first-order chi connectivity index (χ1) is 15.1. The number of hydrogen-bond donors (Lipinski definition) is 1. The van der Waals surface area contributed by atoms with Crippen molar-refractivity contribution in [2.45, 2.75) is 47.6 Å². The summed E-state index contributed by atoms with van der Waals surface area (Å²) in [4.78, 5) is 13.2. The molecule has 1 heterocycles. The van der Waals surface area contributed by atoms with Crippen LogP contribution in [0.5, 0.6) is 0 Å². The highest BCUT2D eigenvalue weighted by Crippen LogP contribution is 2.56. The SMILES string of the molecule is CCOP(=O)(c1ccc(C)cc1C)N(c1cc(-c2ccc(C)cc2)sc1C(=O)O)C(C)C. The van der Waals surface area contributed by atoms with E-state index >= 15 is 0 Å². The molecule has 0 fully saturated rings. The highest BCUT2D eigenvalue weighted by atomic mass is 32.1. The first-order valence-electron chi connectivity index (χ1n) is 10.6. The van der Waals surface area contributed by atoms with Gasteiger partial charge in [0.25, 0.3) is 0 Å². The third-order valence-electron chi connectivity index (χ3n) is 5.22. The molecule has 1 aromatic heterocycles. The Kier molecular flexibility index (Phi) is 7.29. The molecule has 0 aliphatic heterocycles. The Balaban J connectivity index is 2.25. The van der Waals surface area contributed by atoms with Crippen LogP contribution in [0.25, 0.3) is 10.4 Å². The number of carboxylic acid groups (broad SMARTS) is 1. The lowest BCUT2D eigenvalue weighted by Crippen LogP contribution is -2.34. The van der Waals surface area contributed by atoms with E-state index in [0.717, 1.165) is 27.1 Å². The highest BCUT2D eigenvalue weighted by Gasteiger charge is 2.40. The van der Waals surface area contributed by atoms with Crippen LogP contribution in [0.4, 0.5) is 5.69 Å². The summed E-state index contributed by atoms with van der Waals surface area (Å²) < 4.78 is 22.2. The second-order valence-electron chi connectivity index (χ2n) is 8.16. The predicted molar refractivity (Wildman–Crippen MR) is 134 cm³/mol. The van der Waals surface area contributed by atoms with Gasteiger partial charge in [-0.2, -0.15) is 0 Å². The monoisotopic (exact) mass is 471 g/mol. The van der Waals surface area contributed by atoms with E-state index in [2.05, 4.69) is 0 Å². The minimum Gasteiger partial charge on any atom is -0.477 e. The third kappa shape index (κ3) is 4.68.